The van der Waals surface area contributed by atoms with E-state index < -0.39 is 11.9 Å². The fourth-order valence-electron chi connectivity index (χ4n) is 2.19. The molecule has 1 heterocycles. The number of rotatable bonds is 1. The van der Waals surface area contributed by atoms with E-state index in [2.05, 4.69) is 5.16 Å². The van der Waals surface area contributed by atoms with Gasteiger partial charge in [-0.05, 0) is 6.92 Å². The number of carbonyl (C=O) groups is 1. The lowest BCUT2D eigenvalue weighted by atomic mass is 9.95. The van der Waals surface area contributed by atoms with Crippen LogP contribution in [0.2, 0.25) is 0 Å². The van der Waals surface area contributed by atoms with Crippen LogP contribution in [-0.4, -0.2) is 28.9 Å². The molecule has 1 aliphatic carbocycles. The maximum atomic E-state index is 10.8. The normalized spacial score (nSPS) is 42.5. The molecular formula is C8H12N2O3. The zero-order chi connectivity index (χ0) is 9.59. The molecule has 5 nitrogen and oxygen atoms in total. The Morgan fingerprint density at radius 3 is 3.00 bits per heavy atom. The third-order valence-electron chi connectivity index (χ3n) is 2.90. The van der Waals surface area contributed by atoms with E-state index in [1.807, 2.05) is 6.92 Å². The second-order valence-electron chi connectivity index (χ2n) is 3.66. The average molecular weight is 184 g/mol. The van der Waals surface area contributed by atoms with Gasteiger partial charge in [0.15, 0.2) is 0 Å². The summed E-state index contributed by atoms with van der Waals surface area (Å²) in [5.41, 5.74) is 6.63. The molecule has 0 unspecified atom stereocenters. The largest absolute Gasteiger partial charge is 0.481 e. The topological polar surface area (TPSA) is 84.9 Å². The Morgan fingerprint density at radius 1 is 1.77 bits per heavy atom. The van der Waals surface area contributed by atoms with Gasteiger partial charge in [-0.15, -0.1) is 0 Å². The van der Waals surface area contributed by atoms with Gasteiger partial charge >= 0.3 is 5.97 Å². The van der Waals surface area contributed by atoms with Crippen LogP contribution in [0.4, 0.5) is 0 Å². The van der Waals surface area contributed by atoms with Gasteiger partial charge in [-0.2, -0.15) is 0 Å². The molecule has 0 saturated heterocycles. The summed E-state index contributed by atoms with van der Waals surface area (Å²) in [6.07, 6.45) is 0.359. The molecule has 0 aromatic heterocycles. The molecule has 13 heavy (non-hydrogen) atoms. The minimum absolute atomic E-state index is 0.00102. The number of aliphatic carboxylic acids is 1. The molecule has 1 aliphatic heterocycles. The fourth-order valence-corrected chi connectivity index (χ4v) is 2.19. The smallest absolute Gasteiger partial charge is 0.308 e. The Balaban J connectivity index is 2.19. The quantitative estimate of drug-likeness (QED) is 0.591. The molecule has 0 radical (unpaired) electrons. The summed E-state index contributed by atoms with van der Waals surface area (Å²) in [5.74, 6) is -1.32. The SMILES string of the molecule is CC1=NO[C@@H]2C[C@H](C(=O)O)[C@@H](N)[C@H]12. The second-order valence-corrected chi connectivity index (χ2v) is 3.66. The van der Waals surface area contributed by atoms with Crippen LogP contribution in [0, 0.1) is 11.8 Å². The molecule has 2 rings (SSSR count). The van der Waals surface area contributed by atoms with E-state index in [-0.39, 0.29) is 18.1 Å². The number of fused-ring (bicyclic) bond motifs is 1. The predicted molar refractivity (Wildman–Crippen MR) is 45.2 cm³/mol. The molecule has 0 amide bonds. The third kappa shape index (κ3) is 1.11. The molecule has 0 aromatic carbocycles. The van der Waals surface area contributed by atoms with E-state index in [1.54, 1.807) is 0 Å². The summed E-state index contributed by atoms with van der Waals surface area (Å²) >= 11 is 0. The highest BCUT2D eigenvalue weighted by atomic mass is 16.6. The summed E-state index contributed by atoms with van der Waals surface area (Å²) in [6.45, 7) is 1.83. The lowest BCUT2D eigenvalue weighted by Gasteiger charge is -2.14. The lowest BCUT2D eigenvalue weighted by molar-refractivity contribution is -0.142. The first-order chi connectivity index (χ1) is 6.11. The molecule has 2 aliphatic rings. The standard InChI is InChI=1S/C8H12N2O3/c1-3-6-5(13-10-3)2-4(7(6)9)8(11)12/h4-7H,2,9H2,1H3,(H,11,12)/t4-,5+,6+,7+/m0/s1. The van der Waals surface area contributed by atoms with Gasteiger partial charge in [-0.25, -0.2) is 0 Å². The Hall–Kier alpha value is -1.10. The summed E-state index contributed by atoms with van der Waals surface area (Å²) < 4.78 is 0. The van der Waals surface area contributed by atoms with Crippen molar-refractivity contribution in [1.82, 2.24) is 0 Å². The number of carboxylic acid groups (broad SMARTS) is 1. The minimum atomic E-state index is -0.835. The van der Waals surface area contributed by atoms with E-state index in [9.17, 15) is 4.79 Å². The number of oxime groups is 1. The first-order valence-electron chi connectivity index (χ1n) is 4.30. The average Bonchev–Trinajstić information content (AvgIpc) is 2.55. The van der Waals surface area contributed by atoms with E-state index in [4.69, 9.17) is 15.7 Å². The van der Waals surface area contributed by atoms with Gasteiger partial charge in [0.2, 0.25) is 0 Å². The van der Waals surface area contributed by atoms with Gasteiger partial charge in [0.05, 0.1) is 17.5 Å². The van der Waals surface area contributed by atoms with Gasteiger partial charge in [-0.3, -0.25) is 4.79 Å². The second kappa shape index (κ2) is 2.70. The molecule has 4 atom stereocenters. The monoisotopic (exact) mass is 184 g/mol. The molecule has 1 saturated carbocycles. The Labute approximate surface area is 75.5 Å². The van der Waals surface area contributed by atoms with Crippen LogP contribution in [0.25, 0.3) is 0 Å². The van der Waals surface area contributed by atoms with Crippen molar-refractivity contribution in [2.24, 2.45) is 22.7 Å². The van der Waals surface area contributed by atoms with Gasteiger partial charge in [0.25, 0.3) is 0 Å². The maximum absolute atomic E-state index is 10.8. The van der Waals surface area contributed by atoms with Gasteiger partial charge in [-0.1, -0.05) is 5.16 Å². The van der Waals surface area contributed by atoms with E-state index in [1.165, 1.54) is 0 Å². The van der Waals surface area contributed by atoms with Crippen LogP contribution in [0.5, 0.6) is 0 Å². The maximum Gasteiger partial charge on any atom is 0.308 e. The molecule has 0 bridgehead atoms. The molecule has 3 N–H and O–H groups in total. The van der Waals surface area contributed by atoms with Gasteiger partial charge in [0, 0.05) is 12.5 Å². The number of hydrogen-bond acceptors (Lipinski definition) is 4. The van der Waals surface area contributed by atoms with Gasteiger partial charge < -0.3 is 15.7 Å². The van der Waals surface area contributed by atoms with E-state index in [0.29, 0.717) is 6.42 Å². The first-order valence-corrected chi connectivity index (χ1v) is 4.30. The van der Waals surface area contributed by atoms with Crippen molar-refractivity contribution in [3.63, 3.8) is 0 Å². The highest BCUT2D eigenvalue weighted by molar-refractivity contribution is 5.88. The predicted octanol–water partition coefficient (Wildman–Crippen LogP) is -0.191. The highest BCUT2D eigenvalue weighted by Crippen LogP contribution is 2.37. The van der Waals surface area contributed by atoms with Crippen LogP contribution < -0.4 is 5.73 Å². The highest BCUT2D eigenvalue weighted by Gasteiger charge is 2.50. The Morgan fingerprint density at radius 2 is 2.46 bits per heavy atom. The lowest BCUT2D eigenvalue weighted by Crippen LogP contribution is -2.38. The zero-order valence-electron chi connectivity index (χ0n) is 7.30. The van der Waals surface area contributed by atoms with Crippen LogP contribution in [0.15, 0.2) is 5.16 Å². The summed E-state index contributed by atoms with van der Waals surface area (Å²) in [5, 5.41) is 12.7. The van der Waals surface area contributed by atoms with Gasteiger partial charge in [0.1, 0.15) is 6.10 Å². The minimum Gasteiger partial charge on any atom is -0.481 e. The van der Waals surface area contributed by atoms with Crippen molar-refractivity contribution in [3.05, 3.63) is 0 Å². The van der Waals surface area contributed by atoms with E-state index >= 15 is 0 Å². The first kappa shape index (κ1) is 8.50. The summed E-state index contributed by atoms with van der Waals surface area (Å²) in [6, 6.07) is -0.353. The van der Waals surface area contributed by atoms with Crippen molar-refractivity contribution in [2.45, 2.75) is 25.5 Å². The van der Waals surface area contributed by atoms with Crippen LogP contribution >= 0.6 is 0 Å². The summed E-state index contributed by atoms with van der Waals surface area (Å²) in [7, 11) is 0. The van der Waals surface area contributed by atoms with Crippen LogP contribution in [-0.2, 0) is 9.63 Å². The molecule has 5 heteroatoms. The Kier molecular flexibility index (Phi) is 1.76. The Bertz CT molecular complexity index is 277. The van der Waals surface area contributed by atoms with Crippen LogP contribution in [0.1, 0.15) is 13.3 Å². The number of hydrogen-bond donors (Lipinski definition) is 2. The fraction of sp³-hybridized carbons (Fsp3) is 0.750. The van der Waals surface area contributed by atoms with Crippen molar-refractivity contribution >= 4 is 11.7 Å². The number of nitrogens with two attached hydrogens (primary N) is 1. The molecule has 0 aromatic rings. The number of carboxylic acids is 1. The summed E-state index contributed by atoms with van der Waals surface area (Å²) in [4.78, 5) is 15.9. The van der Waals surface area contributed by atoms with E-state index in [0.717, 1.165) is 5.71 Å². The molecule has 1 fully saturated rings. The van der Waals surface area contributed by atoms with Crippen LogP contribution in [0.3, 0.4) is 0 Å². The zero-order valence-corrected chi connectivity index (χ0v) is 7.30. The van der Waals surface area contributed by atoms with Crippen molar-refractivity contribution < 1.29 is 14.7 Å². The molecule has 72 valence electrons. The van der Waals surface area contributed by atoms with Crippen molar-refractivity contribution in [1.29, 1.82) is 0 Å². The third-order valence-corrected chi connectivity index (χ3v) is 2.90. The van der Waals surface area contributed by atoms with Crippen molar-refractivity contribution in [3.8, 4) is 0 Å². The molecular weight excluding hydrogens is 172 g/mol. The van der Waals surface area contributed by atoms with Crippen molar-refractivity contribution in [2.75, 3.05) is 0 Å². The molecule has 0 spiro atoms. The number of nitrogens with zero attached hydrogens (tertiary/aromatic N) is 1.